The highest BCUT2D eigenvalue weighted by molar-refractivity contribution is 6.12. The molecule has 4 nitrogen and oxygen atoms in total. The maximum absolute atomic E-state index is 9.22. The number of ether oxygens (including phenoxy) is 3. The molecule has 5 heteroatoms. The maximum atomic E-state index is 9.22. The van der Waals surface area contributed by atoms with E-state index in [-0.39, 0.29) is 6.61 Å². The first kappa shape index (κ1) is 11.9. The average Bonchev–Trinajstić information content (AvgIpc) is 2.58. The third-order valence-electron chi connectivity index (χ3n) is 2.89. The molecule has 4 atom stereocenters. The van der Waals surface area contributed by atoms with Crippen LogP contribution < -0.4 is 0 Å². The molecular formula is C11H15BO4. The van der Waals surface area contributed by atoms with Crippen molar-refractivity contribution in [3.05, 3.63) is 18.4 Å². The molecule has 0 amide bonds. The summed E-state index contributed by atoms with van der Waals surface area (Å²) in [5.74, 6) is -0.757. The fraction of sp³-hybridized carbons (Fsp3) is 0.727. The summed E-state index contributed by atoms with van der Waals surface area (Å²) in [6.07, 6.45) is 0.699. The SMILES string of the molecule is [B][C@@H]1O[C@H](CO)C2OC(C)(C)OC21C=C=C. The van der Waals surface area contributed by atoms with E-state index in [4.69, 9.17) is 22.1 Å². The fourth-order valence-electron chi connectivity index (χ4n) is 2.35. The van der Waals surface area contributed by atoms with Gasteiger partial charge in [0.05, 0.1) is 12.6 Å². The van der Waals surface area contributed by atoms with Crippen LogP contribution >= 0.6 is 0 Å². The first-order valence-electron chi connectivity index (χ1n) is 5.22. The molecule has 2 aliphatic rings. The van der Waals surface area contributed by atoms with Gasteiger partial charge in [-0.25, -0.2) is 0 Å². The Hall–Kier alpha value is -0.575. The van der Waals surface area contributed by atoms with Gasteiger partial charge in [0.15, 0.2) is 5.79 Å². The Balaban J connectivity index is 2.39. The number of fused-ring (bicyclic) bond motifs is 1. The highest BCUT2D eigenvalue weighted by Crippen LogP contribution is 2.46. The quantitative estimate of drug-likeness (QED) is 0.531. The van der Waals surface area contributed by atoms with Gasteiger partial charge in [0.25, 0.3) is 0 Å². The van der Waals surface area contributed by atoms with E-state index < -0.39 is 29.6 Å². The molecule has 0 saturated carbocycles. The lowest BCUT2D eigenvalue weighted by Gasteiger charge is -2.27. The van der Waals surface area contributed by atoms with Crippen LogP contribution in [0.15, 0.2) is 18.4 Å². The van der Waals surface area contributed by atoms with Crippen molar-refractivity contribution < 1.29 is 19.3 Å². The molecule has 0 bridgehead atoms. The highest BCUT2D eigenvalue weighted by Gasteiger charge is 2.62. The van der Waals surface area contributed by atoms with Crippen LogP contribution in [-0.2, 0) is 14.2 Å². The third kappa shape index (κ3) is 1.56. The van der Waals surface area contributed by atoms with Crippen molar-refractivity contribution in [2.24, 2.45) is 0 Å². The lowest BCUT2D eigenvalue weighted by atomic mass is 9.80. The van der Waals surface area contributed by atoms with Crippen molar-refractivity contribution in [1.82, 2.24) is 0 Å². The number of hydrogen-bond acceptors (Lipinski definition) is 4. The number of aliphatic hydroxyl groups excluding tert-OH is 1. The van der Waals surface area contributed by atoms with Crippen LogP contribution in [0.3, 0.4) is 0 Å². The Morgan fingerprint density at radius 1 is 1.56 bits per heavy atom. The summed E-state index contributed by atoms with van der Waals surface area (Å²) >= 11 is 0. The molecule has 0 aromatic heterocycles. The average molecular weight is 222 g/mol. The standard InChI is InChI=1S/C11H15BO4/c1-4-5-11-8(15-10(2,3)16-11)7(6-13)14-9(11)12/h5,7-9,13H,1,6H2,2-3H3/t7-,8?,9-,11?/m1/s1. The smallest absolute Gasteiger partial charge is 0.164 e. The second kappa shape index (κ2) is 3.72. The molecule has 2 aliphatic heterocycles. The summed E-state index contributed by atoms with van der Waals surface area (Å²) in [6, 6.07) is -0.689. The van der Waals surface area contributed by atoms with Gasteiger partial charge in [-0.15, -0.1) is 5.73 Å². The highest BCUT2D eigenvalue weighted by atomic mass is 16.8. The minimum Gasteiger partial charge on any atom is -0.394 e. The first-order chi connectivity index (χ1) is 7.45. The monoisotopic (exact) mass is 222 g/mol. The molecule has 2 saturated heterocycles. The lowest BCUT2D eigenvalue weighted by molar-refractivity contribution is -0.191. The topological polar surface area (TPSA) is 47.9 Å². The van der Waals surface area contributed by atoms with Gasteiger partial charge in [-0.1, -0.05) is 6.58 Å². The summed E-state index contributed by atoms with van der Waals surface area (Å²) in [5, 5.41) is 9.22. The van der Waals surface area contributed by atoms with Crippen LogP contribution in [0.25, 0.3) is 0 Å². The number of rotatable bonds is 2. The Morgan fingerprint density at radius 2 is 2.25 bits per heavy atom. The van der Waals surface area contributed by atoms with Crippen LogP contribution in [-0.4, -0.2) is 49.2 Å². The minimum absolute atomic E-state index is 0.162. The minimum atomic E-state index is -0.904. The first-order valence-corrected chi connectivity index (χ1v) is 5.22. The Labute approximate surface area is 96.3 Å². The molecule has 0 spiro atoms. The lowest BCUT2D eigenvalue weighted by Crippen LogP contribution is -2.45. The summed E-state index contributed by atoms with van der Waals surface area (Å²) in [7, 11) is 5.89. The van der Waals surface area contributed by atoms with E-state index in [0.29, 0.717) is 0 Å². The van der Waals surface area contributed by atoms with Crippen LogP contribution in [0.2, 0.25) is 0 Å². The van der Waals surface area contributed by atoms with E-state index >= 15 is 0 Å². The Morgan fingerprint density at radius 3 is 2.81 bits per heavy atom. The largest absolute Gasteiger partial charge is 0.394 e. The molecule has 2 radical (unpaired) electrons. The third-order valence-corrected chi connectivity index (χ3v) is 2.89. The van der Waals surface area contributed by atoms with E-state index in [0.717, 1.165) is 0 Å². The zero-order chi connectivity index (χ0) is 12.0. The molecule has 86 valence electrons. The number of hydrogen-bond donors (Lipinski definition) is 1. The normalized spacial score (nSPS) is 45.1. The van der Waals surface area contributed by atoms with E-state index in [1.54, 1.807) is 19.9 Å². The van der Waals surface area contributed by atoms with Crippen molar-refractivity contribution in [3.63, 3.8) is 0 Å². The molecule has 1 N–H and O–H groups in total. The Kier molecular flexibility index (Phi) is 2.77. The van der Waals surface area contributed by atoms with Gasteiger partial charge in [0.1, 0.15) is 25.7 Å². The van der Waals surface area contributed by atoms with Crippen molar-refractivity contribution in [2.75, 3.05) is 6.61 Å². The molecule has 2 fully saturated rings. The van der Waals surface area contributed by atoms with Crippen molar-refractivity contribution in [1.29, 1.82) is 0 Å². The van der Waals surface area contributed by atoms with Crippen LogP contribution in [0.4, 0.5) is 0 Å². The molecule has 2 unspecified atom stereocenters. The van der Waals surface area contributed by atoms with Gasteiger partial charge in [-0.2, -0.15) is 0 Å². The fourth-order valence-corrected chi connectivity index (χ4v) is 2.35. The molecule has 2 heterocycles. The molecular weight excluding hydrogens is 207 g/mol. The molecule has 0 aromatic rings. The maximum Gasteiger partial charge on any atom is 0.164 e. The summed E-state index contributed by atoms with van der Waals surface area (Å²) in [6.45, 7) is 6.95. The second-order valence-electron chi connectivity index (χ2n) is 4.52. The van der Waals surface area contributed by atoms with Gasteiger partial charge < -0.3 is 19.3 Å². The molecule has 0 aromatic carbocycles. The Bertz CT molecular complexity index is 337. The van der Waals surface area contributed by atoms with E-state index in [1.165, 1.54) is 0 Å². The second-order valence-corrected chi connectivity index (χ2v) is 4.52. The van der Waals surface area contributed by atoms with Gasteiger partial charge >= 0.3 is 0 Å². The summed E-state index contributed by atoms with van der Waals surface area (Å²) < 4.78 is 16.9. The number of aliphatic hydroxyl groups is 1. The summed E-state index contributed by atoms with van der Waals surface area (Å²) in [5.41, 5.74) is 1.76. The van der Waals surface area contributed by atoms with Crippen LogP contribution in [0.5, 0.6) is 0 Å². The van der Waals surface area contributed by atoms with Crippen LogP contribution in [0, 0.1) is 0 Å². The molecule has 16 heavy (non-hydrogen) atoms. The molecule has 0 aliphatic carbocycles. The van der Waals surface area contributed by atoms with Gasteiger partial charge in [0.2, 0.25) is 0 Å². The van der Waals surface area contributed by atoms with Crippen molar-refractivity contribution >= 4 is 7.85 Å². The van der Waals surface area contributed by atoms with Gasteiger partial charge in [-0.05, 0) is 19.9 Å². The molecule has 2 rings (SSSR count). The van der Waals surface area contributed by atoms with E-state index in [1.807, 2.05) is 0 Å². The predicted molar refractivity (Wildman–Crippen MR) is 58.0 cm³/mol. The zero-order valence-electron chi connectivity index (χ0n) is 9.47. The van der Waals surface area contributed by atoms with Crippen LogP contribution in [0.1, 0.15) is 13.8 Å². The zero-order valence-corrected chi connectivity index (χ0v) is 9.47. The predicted octanol–water partition coefficient (Wildman–Crippen LogP) is 0.103. The van der Waals surface area contributed by atoms with E-state index in [2.05, 4.69) is 12.3 Å². The van der Waals surface area contributed by atoms with Gasteiger partial charge in [0, 0.05) is 0 Å². The van der Waals surface area contributed by atoms with Gasteiger partial charge in [-0.3, -0.25) is 0 Å². The van der Waals surface area contributed by atoms with Crippen molar-refractivity contribution in [3.8, 4) is 0 Å². The van der Waals surface area contributed by atoms with E-state index in [9.17, 15) is 5.11 Å². The van der Waals surface area contributed by atoms with Crippen molar-refractivity contribution in [2.45, 2.75) is 43.4 Å². The summed E-state index contributed by atoms with van der Waals surface area (Å²) in [4.78, 5) is 0.